The van der Waals surface area contributed by atoms with Crippen molar-refractivity contribution in [2.75, 3.05) is 6.54 Å². The molecule has 1 aliphatic rings. The molecule has 1 aliphatic carbocycles. The van der Waals surface area contributed by atoms with Gasteiger partial charge in [-0.3, -0.25) is 4.79 Å². The minimum absolute atomic E-state index is 0.0134. The first kappa shape index (κ1) is 14.4. The smallest absolute Gasteiger partial charge is 0.231 e. The molecule has 1 atom stereocenters. The number of hydrogen-bond donors (Lipinski definition) is 0. The maximum absolute atomic E-state index is 12.4. The first-order chi connectivity index (χ1) is 8.30. The van der Waals surface area contributed by atoms with E-state index in [1.807, 2.05) is 26.0 Å². The van der Waals surface area contributed by atoms with Gasteiger partial charge >= 0.3 is 0 Å². The van der Waals surface area contributed by atoms with Crippen molar-refractivity contribution in [2.45, 2.75) is 31.1 Å². The molecule has 0 aromatic carbocycles. The zero-order valence-corrected chi connectivity index (χ0v) is 13.3. The van der Waals surface area contributed by atoms with Gasteiger partial charge in [0.1, 0.15) is 4.33 Å². The van der Waals surface area contributed by atoms with Gasteiger partial charge in [-0.2, -0.15) is 0 Å². The van der Waals surface area contributed by atoms with E-state index in [0.717, 1.165) is 9.21 Å². The number of carbonyl (C=O) groups excluding carboxylic acids is 1. The molecule has 2 nitrogen and oxygen atoms in total. The van der Waals surface area contributed by atoms with E-state index in [0.29, 0.717) is 19.5 Å². The molecule has 1 amide bonds. The minimum atomic E-state index is -0.912. The Labute approximate surface area is 126 Å². The fourth-order valence-electron chi connectivity index (χ4n) is 1.93. The lowest BCUT2D eigenvalue weighted by Crippen LogP contribution is -2.37. The molecular formula is C12H14Cl3NOS. The molecule has 1 unspecified atom stereocenters. The fourth-order valence-corrected chi connectivity index (χ4v) is 3.73. The highest BCUT2D eigenvalue weighted by Crippen LogP contribution is 2.64. The van der Waals surface area contributed by atoms with Crippen LogP contribution >= 0.6 is 46.1 Å². The van der Waals surface area contributed by atoms with Crippen molar-refractivity contribution in [2.24, 2.45) is 5.41 Å². The molecule has 1 aromatic heterocycles. The third-order valence-corrected chi connectivity index (χ3v) is 5.69. The lowest BCUT2D eigenvalue weighted by Gasteiger charge is -2.24. The van der Waals surface area contributed by atoms with Crippen LogP contribution in [0.15, 0.2) is 12.1 Å². The molecule has 1 heterocycles. The van der Waals surface area contributed by atoms with Crippen molar-refractivity contribution >= 4 is 52.0 Å². The number of alkyl halides is 2. The van der Waals surface area contributed by atoms with Gasteiger partial charge in [-0.15, -0.1) is 34.5 Å². The average molecular weight is 327 g/mol. The Morgan fingerprint density at radius 2 is 2.11 bits per heavy atom. The van der Waals surface area contributed by atoms with Crippen molar-refractivity contribution in [3.05, 3.63) is 21.3 Å². The lowest BCUT2D eigenvalue weighted by molar-refractivity contribution is -0.136. The summed E-state index contributed by atoms with van der Waals surface area (Å²) in [7, 11) is 0. The molecule has 0 aliphatic heterocycles. The van der Waals surface area contributed by atoms with Crippen LogP contribution < -0.4 is 0 Å². The summed E-state index contributed by atoms with van der Waals surface area (Å²) in [4.78, 5) is 15.3. The van der Waals surface area contributed by atoms with Gasteiger partial charge in [0, 0.05) is 11.4 Å². The van der Waals surface area contributed by atoms with E-state index in [1.54, 1.807) is 4.90 Å². The van der Waals surface area contributed by atoms with Gasteiger partial charge in [-0.05, 0) is 32.4 Å². The normalized spacial score (nSPS) is 24.9. The highest BCUT2D eigenvalue weighted by molar-refractivity contribution is 7.16. The van der Waals surface area contributed by atoms with E-state index < -0.39 is 9.75 Å². The van der Waals surface area contributed by atoms with Crippen LogP contribution in [-0.2, 0) is 11.3 Å². The van der Waals surface area contributed by atoms with Crippen molar-refractivity contribution in [1.82, 2.24) is 4.90 Å². The minimum Gasteiger partial charge on any atom is -0.337 e. The number of halogens is 3. The van der Waals surface area contributed by atoms with Gasteiger partial charge in [-0.25, -0.2) is 0 Å². The Hall–Kier alpha value is 0.0400. The number of rotatable bonds is 4. The summed E-state index contributed by atoms with van der Waals surface area (Å²) in [5.74, 6) is 0.0134. The Morgan fingerprint density at radius 3 is 2.50 bits per heavy atom. The van der Waals surface area contributed by atoms with Gasteiger partial charge in [0.15, 0.2) is 0 Å². The number of hydrogen-bond acceptors (Lipinski definition) is 2. The molecular weight excluding hydrogens is 313 g/mol. The average Bonchev–Trinajstić information content (AvgIpc) is 2.63. The zero-order chi connectivity index (χ0) is 13.6. The Morgan fingerprint density at radius 1 is 1.50 bits per heavy atom. The molecule has 1 fully saturated rings. The largest absolute Gasteiger partial charge is 0.337 e. The van der Waals surface area contributed by atoms with Crippen LogP contribution in [-0.4, -0.2) is 21.7 Å². The van der Waals surface area contributed by atoms with Crippen LogP contribution in [0.5, 0.6) is 0 Å². The van der Waals surface area contributed by atoms with Crippen LogP contribution in [0.1, 0.15) is 25.1 Å². The number of thiophene rings is 1. The van der Waals surface area contributed by atoms with E-state index in [1.165, 1.54) is 11.3 Å². The standard InChI is InChI=1S/C12H14Cl3NOS/c1-3-16(6-8-4-5-9(13)18-8)10(17)11(2)7-12(11,14)15/h4-5H,3,6-7H2,1-2H3. The van der Waals surface area contributed by atoms with Crippen molar-refractivity contribution < 1.29 is 4.79 Å². The van der Waals surface area contributed by atoms with Gasteiger partial charge in [0.2, 0.25) is 5.91 Å². The van der Waals surface area contributed by atoms with Crippen LogP contribution in [0.2, 0.25) is 4.34 Å². The summed E-state index contributed by atoms with van der Waals surface area (Å²) in [5, 5.41) is 0. The maximum Gasteiger partial charge on any atom is 0.231 e. The van der Waals surface area contributed by atoms with Crippen molar-refractivity contribution in [3.8, 4) is 0 Å². The highest BCUT2D eigenvalue weighted by atomic mass is 35.5. The van der Waals surface area contributed by atoms with E-state index >= 15 is 0 Å². The second kappa shape index (κ2) is 4.86. The Balaban J connectivity index is 2.08. The van der Waals surface area contributed by atoms with E-state index in [2.05, 4.69) is 0 Å². The van der Waals surface area contributed by atoms with Gasteiger partial charge < -0.3 is 4.90 Å². The zero-order valence-electron chi connectivity index (χ0n) is 10.2. The van der Waals surface area contributed by atoms with Gasteiger partial charge in [-0.1, -0.05) is 11.6 Å². The predicted molar refractivity (Wildman–Crippen MR) is 77.6 cm³/mol. The van der Waals surface area contributed by atoms with Crippen LogP contribution in [0.25, 0.3) is 0 Å². The molecule has 1 saturated carbocycles. The van der Waals surface area contributed by atoms with Gasteiger partial charge in [0.25, 0.3) is 0 Å². The molecule has 6 heteroatoms. The Bertz CT molecular complexity index is 474. The second-order valence-electron chi connectivity index (χ2n) is 4.74. The van der Waals surface area contributed by atoms with Crippen LogP contribution in [0.3, 0.4) is 0 Å². The first-order valence-electron chi connectivity index (χ1n) is 5.71. The molecule has 0 radical (unpaired) electrons. The SMILES string of the molecule is CCN(Cc1ccc(Cl)s1)C(=O)C1(C)CC1(Cl)Cl. The highest BCUT2D eigenvalue weighted by Gasteiger charge is 2.68. The first-order valence-corrected chi connectivity index (χ1v) is 7.66. The molecule has 0 N–H and O–H groups in total. The van der Waals surface area contributed by atoms with Crippen molar-refractivity contribution in [3.63, 3.8) is 0 Å². The summed E-state index contributed by atoms with van der Waals surface area (Å²) < 4.78 is -0.180. The third-order valence-electron chi connectivity index (χ3n) is 3.37. The Kier molecular flexibility index (Phi) is 3.90. The predicted octanol–water partition coefficient (Wildman–Crippen LogP) is 4.33. The molecule has 0 bridgehead atoms. The fraction of sp³-hybridized carbons (Fsp3) is 0.583. The molecule has 2 rings (SSSR count). The van der Waals surface area contributed by atoms with Crippen LogP contribution in [0, 0.1) is 5.41 Å². The molecule has 0 saturated heterocycles. The van der Waals surface area contributed by atoms with Gasteiger partial charge in [0.05, 0.1) is 16.3 Å². The third kappa shape index (κ3) is 2.51. The molecule has 100 valence electrons. The monoisotopic (exact) mass is 325 g/mol. The second-order valence-corrected chi connectivity index (χ2v) is 8.02. The topological polar surface area (TPSA) is 20.3 Å². The quantitative estimate of drug-likeness (QED) is 0.754. The van der Waals surface area contributed by atoms with E-state index in [-0.39, 0.29) is 5.91 Å². The molecule has 18 heavy (non-hydrogen) atoms. The summed E-state index contributed by atoms with van der Waals surface area (Å²) in [6.45, 7) is 4.96. The van der Waals surface area contributed by atoms with E-state index in [4.69, 9.17) is 34.8 Å². The van der Waals surface area contributed by atoms with Crippen molar-refractivity contribution in [1.29, 1.82) is 0 Å². The van der Waals surface area contributed by atoms with Crippen LogP contribution in [0.4, 0.5) is 0 Å². The lowest BCUT2D eigenvalue weighted by atomic mass is 10.1. The number of nitrogens with zero attached hydrogens (tertiary/aromatic N) is 1. The summed E-state index contributed by atoms with van der Waals surface area (Å²) in [6, 6.07) is 3.78. The summed E-state index contributed by atoms with van der Waals surface area (Å²) in [6.07, 6.45) is 0.518. The number of carbonyl (C=O) groups is 1. The van der Waals surface area contributed by atoms with E-state index in [9.17, 15) is 4.79 Å². The molecule has 1 aromatic rings. The maximum atomic E-state index is 12.4. The molecule has 0 spiro atoms. The summed E-state index contributed by atoms with van der Waals surface area (Å²) in [5.41, 5.74) is -0.646. The number of amides is 1. The summed E-state index contributed by atoms with van der Waals surface area (Å²) >= 11 is 19.5.